The van der Waals surface area contributed by atoms with Crippen LogP contribution in [0.25, 0.3) is 0 Å². The summed E-state index contributed by atoms with van der Waals surface area (Å²) in [7, 11) is 0. The molecule has 18 heavy (non-hydrogen) atoms. The minimum absolute atomic E-state index is 0.0606. The maximum Gasteiger partial charge on any atom is 0.322 e. The molecule has 0 fully saturated rings. The molecule has 0 aliphatic rings. The third-order valence-corrected chi connectivity index (χ3v) is 3.11. The molecule has 0 saturated carbocycles. The minimum atomic E-state index is -0.521. The third-order valence-electron chi connectivity index (χ3n) is 1.93. The second-order valence-corrected chi connectivity index (χ2v) is 5.23. The van der Waals surface area contributed by atoms with Crippen LogP contribution in [0, 0.1) is 13.7 Å². The van der Waals surface area contributed by atoms with Crippen LogP contribution < -0.4 is 4.74 Å². The summed E-state index contributed by atoms with van der Waals surface area (Å²) in [6.07, 6.45) is 3.12. The van der Waals surface area contributed by atoms with Gasteiger partial charge in [0.2, 0.25) is 5.75 Å². The van der Waals surface area contributed by atoms with Gasteiger partial charge in [-0.1, -0.05) is 6.07 Å². The molecule has 0 aliphatic carbocycles. The number of benzene rings is 1. The molecule has 1 aromatic carbocycles. The molecule has 0 atom stereocenters. The summed E-state index contributed by atoms with van der Waals surface area (Å²) in [5, 5.41) is 10.9. The number of para-hydroxylation sites is 1. The molecule has 0 amide bonds. The monoisotopic (exact) mass is 421 g/mol. The van der Waals surface area contributed by atoms with Crippen molar-refractivity contribution in [2.24, 2.45) is 0 Å². The third kappa shape index (κ3) is 2.93. The molecule has 1 aromatic heterocycles. The van der Waals surface area contributed by atoms with Crippen molar-refractivity contribution in [1.29, 1.82) is 0 Å². The summed E-state index contributed by atoms with van der Waals surface area (Å²) >= 11 is 5.25. The smallest absolute Gasteiger partial charge is 0.322 e. The number of halogens is 2. The summed E-state index contributed by atoms with van der Waals surface area (Å²) in [4.78, 5) is 18.2. The van der Waals surface area contributed by atoms with E-state index >= 15 is 0 Å². The molecule has 1 heterocycles. The Kier molecular flexibility index (Phi) is 4.07. The largest absolute Gasteiger partial charge is 0.416 e. The van der Waals surface area contributed by atoms with Crippen molar-refractivity contribution in [3.05, 3.63) is 48.8 Å². The lowest BCUT2D eigenvalue weighted by Gasteiger charge is -2.05. The lowest BCUT2D eigenvalue weighted by molar-refractivity contribution is -0.385. The van der Waals surface area contributed by atoms with Crippen LogP contribution in [0.2, 0.25) is 0 Å². The lowest BCUT2D eigenvalue weighted by Crippen LogP contribution is -1.97. The predicted octanol–water partition coefficient (Wildman–Crippen LogP) is 3.54. The molecule has 0 radical (unpaired) electrons. The van der Waals surface area contributed by atoms with E-state index in [9.17, 15) is 10.1 Å². The summed E-state index contributed by atoms with van der Waals surface area (Å²) in [6.45, 7) is 0. The highest BCUT2D eigenvalue weighted by atomic mass is 127. The van der Waals surface area contributed by atoms with Gasteiger partial charge in [-0.25, -0.2) is 9.97 Å². The van der Waals surface area contributed by atoms with Crippen molar-refractivity contribution < 1.29 is 9.66 Å². The molecule has 0 N–H and O–H groups in total. The van der Waals surface area contributed by atoms with E-state index in [0.717, 1.165) is 3.57 Å². The van der Waals surface area contributed by atoms with Crippen LogP contribution in [0.15, 0.2) is 35.1 Å². The van der Waals surface area contributed by atoms with E-state index in [1.807, 2.05) is 0 Å². The summed E-state index contributed by atoms with van der Waals surface area (Å²) in [6, 6.07) is 4.62. The van der Waals surface area contributed by atoms with E-state index in [1.165, 1.54) is 6.07 Å². The minimum Gasteiger partial charge on any atom is -0.416 e. The summed E-state index contributed by atoms with van der Waals surface area (Å²) in [5.41, 5.74) is -0.147. The Morgan fingerprint density at radius 3 is 2.61 bits per heavy atom. The van der Waals surface area contributed by atoms with E-state index in [2.05, 4.69) is 48.5 Å². The normalized spacial score (nSPS) is 10.1. The molecule has 92 valence electrons. The van der Waals surface area contributed by atoms with Gasteiger partial charge in [-0.15, -0.1) is 0 Å². The van der Waals surface area contributed by atoms with Crippen LogP contribution in [-0.2, 0) is 0 Å². The van der Waals surface area contributed by atoms with Gasteiger partial charge in [0, 0.05) is 22.0 Å². The molecule has 0 unspecified atom stereocenters. The zero-order valence-corrected chi connectivity index (χ0v) is 12.5. The lowest BCUT2D eigenvalue weighted by atomic mass is 10.3. The van der Waals surface area contributed by atoms with Crippen LogP contribution in [0.5, 0.6) is 11.8 Å². The fourth-order valence-electron chi connectivity index (χ4n) is 1.19. The quantitative estimate of drug-likeness (QED) is 0.430. The van der Waals surface area contributed by atoms with Crippen LogP contribution in [0.1, 0.15) is 0 Å². The van der Waals surface area contributed by atoms with Gasteiger partial charge in [-0.2, -0.15) is 0 Å². The summed E-state index contributed by atoms with van der Waals surface area (Å²) < 4.78 is 6.66. The molecule has 0 spiro atoms. The molecule has 0 aliphatic heterocycles. The fourth-order valence-corrected chi connectivity index (χ4v) is 1.90. The van der Waals surface area contributed by atoms with Gasteiger partial charge in [-0.05, 0) is 44.6 Å². The van der Waals surface area contributed by atoms with Crippen molar-refractivity contribution in [2.45, 2.75) is 0 Å². The first-order valence-corrected chi connectivity index (χ1v) is 6.53. The zero-order chi connectivity index (χ0) is 13.1. The van der Waals surface area contributed by atoms with Crippen LogP contribution >= 0.6 is 38.5 Å². The van der Waals surface area contributed by atoms with E-state index in [4.69, 9.17) is 4.74 Å². The maximum absolute atomic E-state index is 10.9. The molecular weight excluding hydrogens is 417 g/mol. The van der Waals surface area contributed by atoms with Crippen LogP contribution in [-0.4, -0.2) is 14.9 Å². The van der Waals surface area contributed by atoms with E-state index in [-0.39, 0.29) is 17.4 Å². The Morgan fingerprint density at radius 1 is 1.33 bits per heavy atom. The van der Waals surface area contributed by atoms with Gasteiger partial charge < -0.3 is 4.74 Å². The number of ether oxygens (including phenoxy) is 1. The number of aromatic nitrogens is 2. The van der Waals surface area contributed by atoms with Crippen molar-refractivity contribution in [3.63, 3.8) is 0 Å². The van der Waals surface area contributed by atoms with Gasteiger partial charge in [-0.3, -0.25) is 10.1 Å². The number of hydrogen-bond donors (Lipinski definition) is 0. The second kappa shape index (κ2) is 5.57. The number of nitro benzene ring substituents is 1. The maximum atomic E-state index is 10.9. The van der Waals surface area contributed by atoms with Gasteiger partial charge in [0.15, 0.2) is 0 Å². The molecule has 2 rings (SSSR count). The standard InChI is InChI=1S/C10H5BrIN3O3/c11-7-2-1-3-8(15(16)17)9(7)18-10-13-4-6(12)5-14-10/h1-5H. The molecule has 0 bridgehead atoms. The Bertz CT molecular complexity index is 591. The highest BCUT2D eigenvalue weighted by molar-refractivity contribution is 14.1. The zero-order valence-electron chi connectivity index (χ0n) is 8.71. The first-order chi connectivity index (χ1) is 8.58. The SMILES string of the molecule is O=[N+]([O-])c1cccc(Br)c1Oc1ncc(I)cn1. The van der Waals surface area contributed by atoms with Crippen molar-refractivity contribution >= 4 is 44.2 Å². The van der Waals surface area contributed by atoms with Gasteiger partial charge >= 0.3 is 11.7 Å². The highest BCUT2D eigenvalue weighted by Gasteiger charge is 2.19. The van der Waals surface area contributed by atoms with Gasteiger partial charge in [0.05, 0.1) is 9.40 Å². The van der Waals surface area contributed by atoms with Crippen molar-refractivity contribution in [3.8, 4) is 11.8 Å². The Morgan fingerprint density at radius 2 is 2.00 bits per heavy atom. The van der Waals surface area contributed by atoms with E-state index in [1.54, 1.807) is 24.5 Å². The summed E-state index contributed by atoms with van der Waals surface area (Å²) in [5.74, 6) is 0.0868. The molecule has 8 heteroatoms. The molecule has 6 nitrogen and oxygen atoms in total. The first-order valence-electron chi connectivity index (χ1n) is 4.66. The van der Waals surface area contributed by atoms with Crippen LogP contribution in [0.4, 0.5) is 5.69 Å². The average molecular weight is 422 g/mol. The average Bonchev–Trinajstić information content (AvgIpc) is 2.34. The predicted molar refractivity (Wildman–Crippen MR) is 75.6 cm³/mol. The van der Waals surface area contributed by atoms with Gasteiger partial charge in [0.25, 0.3) is 0 Å². The fraction of sp³-hybridized carbons (Fsp3) is 0. The highest BCUT2D eigenvalue weighted by Crippen LogP contribution is 2.36. The van der Waals surface area contributed by atoms with E-state index in [0.29, 0.717) is 4.47 Å². The second-order valence-electron chi connectivity index (χ2n) is 3.13. The molecule has 2 aromatic rings. The number of nitro groups is 1. The first kappa shape index (κ1) is 13.1. The van der Waals surface area contributed by atoms with E-state index < -0.39 is 4.92 Å². The Hall–Kier alpha value is -1.29. The Labute approximate surface area is 124 Å². The number of hydrogen-bond acceptors (Lipinski definition) is 5. The molecular formula is C10H5BrIN3O3. The number of nitrogens with zero attached hydrogens (tertiary/aromatic N) is 3. The van der Waals surface area contributed by atoms with Crippen molar-refractivity contribution in [2.75, 3.05) is 0 Å². The topological polar surface area (TPSA) is 78.2 Å². The van der Waals surface area contributed by atoms with Crippen molar-refractivity contribution in [1.82, 2.24) is 9.97 Å². The molecule has 0 saturated heterocycles. The van der Waals surface area contributed by atoms with Gasteiger partial charge in [0.1, 0.15) is 0 Å². The van der Waals surface area contributed by atoms with Crippen LogP contribution in [0.3, 0.4) is 0 Å². The number of rotatable bonds is 3. The Balaban J connectivity index is 2.39.